The summed E-state index contributed by atoms with van der Waals surface area (Å²) in [6.45, 7) is 5.21. The lowest BCUT2D eigenvalue weighted by Gasteiger charge is -2.41. The van der Waals surface area contributed by atoms with Gasteiger partial charge in [0.2, 0.25) is 0 Å². The number of hydrogen-bond donors (Lipinski definition) is 0. The van der Waals surface area contributed by atoms with Crippen molar-refractivity contribution in [2.75, 3.05) is 19.6 Å². The third-order valence-corrected chi connectivity index (χ3v) is 6.99. The zero-order chi connectivity index (χ0) is 22.3. The van der Waals surface area contributed by atoms with Crippen LogP contribution in [0.15, 0.2) is 54.9 Å². The van der Waals surface area contributed by atoms with Gasteiger partial charge in [0.25, 0.3) is 5.91 Å². The standard InChI is InChI=1S/C25H29N5O2/c1-3-30-24(32)29(18-21-9-6-8-20-7-4-5-10-22(20)21)23(31)25(30)11-13-28(14-12-25)17-19-15-26-27(2)16-19/h4-10,15-16H,3,11-14,17-18H2,1-2H3. The lowest BCUT2D eigenvalue weighted by Crippen LogP contribution is -2.56. The van der Waals surface area contributed by atoms with Gasteiger partial charge in [0.1, 0.15) is 5.54 Å². The summed E-state index contributed by atoms with van der Waals surface area (Å²) in [6.07, 6.45) is 5.24. The molecule has 0 saturated carbocycles. The van der Waals surface area contributed by atoms with Crippen molar-refractivity contribution in [1.82, 2.24) is 24.5 Å². The van der Waals surface area contributed by atoms with Crippen molar-refractivity contribution in [1.29, 1.82) is 0 Å². The first-order valence-electron chi connectivity index (χ1n) is 11.3. The number of imide groups is 1. The predicted octanol–water partition coefficient (Wildman–Crippen LogP) is 3.39. The third kappa shape index (κ3) is 3.37. The molecule has 1 spiro atoms. The van der Waals surface area contributed by atoms with Crippen molar-refractivity contribution in [3.63, 3.8) is 0 Å². The van der Waals surface area contributed by atoms with Crippen LogP contribution in [0.4, 0.5) is 4.79 Å². The number of aryl methyl sites for hydroxylation is 1. The van der Waals surface area contributed by atoms with E-state index in [0.29, 0.717) is 25.9 Å². The van der Waals surface area contributed by atoms with Gasteiger partial charge in [-0.3, -0.25) is 19.3 Å². The van der Waals surface area contributed by atoms with Crippen LogP contribution in [0.2, 0.25) is 0 Å². The minimum absolute atomic E-state index is 0.0432. The van der Waals surface area contributed by atoms with E-state index in [2.05, 4.69) is 28.2 Å². The number of nitrogens with zero attached hydrogens (tertiary/aromatic N) is 5. The maximum atomic E-state index is 13.7. The molecule has 0 radical (unpaired) electrons. The average Bonchev–Trinajstić information content (AvgIpc) is 3.30. The summed E-state index contributed by atoms with van der Waals surface area (Å²) in [5, 5.41) is 6.46. The summed E-state index contributed by atoms with van der Waals surface area (Å²) >= 11 is 0. The number of likely N-dealkylation sites (N-methyl/N-ethyl adjacent to an activating group) is 1. The van der Waals surface area contributed by atoms with Crippen LogP contribution in [0.25, 0.3) is 10.8 Å². The fraction of sp³-hybridized carbons (Fsp3) is 0.400. The average molecular weight is 432 g/mol. The highest BCUT2D eigenvalue weighted by Gasteiger charge is 2.57. The molecule has 0 atom stereocenters. The summed E-state index contributed by atoms with van der Waals surface area (Å²) in [4.78, 5) is 32.7. The van der Waals surface area contributed by atoms with Gasteiger partial charge in [-0.25, -0.2) is 4.79 Å². The van der Waals surface area contributed by atoms with Gasteiger partial charge in [-0.15, -0.1) is 0 Å². The van der Waals surface area contributed by atoms with Gasteiger partial charge in [-0.05, 0) is 36.1 Å². The first-order valence-corrected chi connectivity index (χ1v) is 11.3. The quantitative estimate of drug-likeness (QED) is 0.581. The smallest absolute Gasteiger partial charge is 0.310 e. The third-order valence-electron chi connectivity index (χ3n) is 6.99. The molecular weight excluding hydrogens is 402 g/mol. The Bertz CT molecular complexity index is 1160. The molecule has 2 aliphatic rings. The Morgan fingerprint density at radius 3 is 2.47 bits per heavy atom. The van der Waals surface area contributed by atoms with Gasteiger partial charge in [0.15, 0.2) is 0 Å². The Morgan fingerprint density at radius 1 is 1.00 bits per heavy atom. The first-order chi connectivity index (χ1) is 15.5. The number of benzene rings is 2. The maximum absolute atomic E-state index is 13.7. The van der Waals surface area contributed by atoms with E-state index in [1.807, 2.05) is 60.2 Å². The monoisotopic (exact) mass is 431 g/mol. The van der Waals surface area contributed by atoms with E-state index < -0.39 is 5.54 Å². The van der Waals surface area contributed by atoms with Gasteiger partial charge in [0.05, 0.1) is 12.7 Å². The Hall–Kier alpha value is -3.19. The van der Waals surface area contributed by atoms with Crippen molar-refractivity contribution in [2.45, 2.75) is 38.4 Å². The number of carbonyl (C=O) groups is 2. The largest absolute Gasteiger partial charge is 0.327 e. The van der Waals surface area contributed by atoms with E-state index in [1.165, 1.54) is 10.5 Å². The van der Waals surface area contributed by atoms with Gasteiger partial charge < -0.3 is 4.90 Å². The van der Waals surface area contributed by atoms with Gasteiger partial charge in [0, 0.05) is 45.0 Å². The van der Waals surface area contributed by atoms with Crippen LogP contribution < -0.4 is 0 Å². The second-order valence-corrected chi connectivity index (χ2v) is 8.89. The molecule has 2 aromatic carbocycles. The highest BCUT2D eigenvalue weighted by Crippen LogP contribution is 2.38. The molecule has 32 heavy (non-hydrogen) atoms. The van der Waals surface area contributed by atoms with Crippen molar-refractivity contribution < 1.29 is 9.59 Å². The van der Waals surface area contributed by atoms with Crippen LogP contribution in [-0.2, 0) is 24.9 Å². The molecular formula is C25H29N5O2. The molecule has 0 aliphatic carbocycles. The van der Waals surface area contributed by atoms with Crippen molar-refractivity contribution in [3.05, 3.63) is 66.0 Å². The Balaban J connectivity index is 1.36. The molecule has 5 rings (SSSR count). The zero-order valence-electron chi connectivity index (χ0n) is 18.7. The van der Waals surface area contributed by atoms with Gasteiger partial charge in [-0.2, -0.15) is 5.10 Å². The molecule has 2 aliphatic heterocycles. The second-order valence-electron chi connectivity index (χ2n) is 8.89. The molecule has 7 heteroatoms. The SMILES string of the molecule is CCN1C(=O)N(Cc2cccc3ccccc23)C(=O)C12CCN(Cc1cnn(C)c1)CC2. The summed E-state index contributed by atoms with van der Waals surface area (Å²) in [5.74, 6) is -0.0432. The number of fused-ring (bicyclic) bond motifs is 1. The molecule has 3 aromatic rings. The molecule has 0 N–H and O–H groups in total. The van der Waals surface area contributed by atoms with Crippen LogP contribution in [-0.4, -0.2) is 61.6 Å². The Kier molecular flexibility index (Phi) is 5.21. The van der Waals surface area contributed by atoms with E-state index in [-0.39, 0.29) is 11.9 Å². The summed E-state index contributed by atoms with van der Waals surface area (Å²) in [5.41, 5.74) is 1.45. The minimum atomic E-state index is -0.720. The van der Waals surface area contributed by atoms with Crippen LogP contribution in [0.1, 0.15) is 30.9 Å². The number of aromatic nitrogens is 2. The van der Waals surface area contributed by atoms with Crippen molar-refractivity contribution >= 4 is 22.7 Å². The van der Waals surface area contributed by atoms with E-state index in [9.17, 15) is 9.59 Å². The maximum Gasteiger partial charge on any atom is 0.327 e. The van der Waals surface area contributed by atoms with Gasteiger partial charge >= 0.3 is 6.03 Å². The Labute approximate surface area is 188 Å². The molecule has 0 unspecified atom stereocenters. The predicted molar refractivity (Wildman–Crippen MR) is 123 cm³/mol. The molecule has 2 saturated heterocycles. The summed E-state index contributed by atoms with van der Waals surface area (Å²) in [7, 11) is 1.92. The van der Waals surface area contributed by atoms with Crippen molar-refractivity contribution in [2.24, 2.45) is 7.05 Å². The molecule has 2 fully saturated rings. The number of likely N-dealkylation sites (tertiary alicyclic amines) is 1. The highest BCUT2D eigenvalue weighted by molar-refractivity contribution is 6.07. The van der Waals surface area contributed by atoms with E-state index in [1.54, 1.807) is 0 Å². The molecule has 7 nitrogen and oxygen atoms in total. The fourth-order valence-electron chi connectivity index (χ4n) is 5.34. The Morgan fingerprint density at radius 2 is 1.75 bits per heavy atom. The van der Waals surface area contributed by atoms with Crippen LogP contribution in [0.5, 0.6) is 0 Å². The number of rotatable bonds is 5. The lowest BCUT2D eigenvalue weighted by molar-refractivity contribution is -0.136. The topological polar surface area (TPSA) is 61.7 Å². The van der Waals surface area contributed by atoms with Crippen molar-refractivity contribution in [3.8, 4) is 0 Å². The van der Waals surface area contributed by atoms with Crippen LogP contribution in [0.3, 0.4) is 0 Å². The summed E-state index contributed by atoms with van der Waals surface area (Å²) < 4.78 is 1.81. The number of amides is 3. The molecule has 0 bridgehead atoms. The second kappa shape index (κ2) is 8.06. The first kappa shape index (κ1) is 20.7. The number of urea groups is 1. The number of carbonyl (C=O) groups excluding carboxylic acids is 2. The lowest BCUT2D eigenvalue weighted by atomic mass is 9.85. The molecule has 1 aromatic heterocycles. The number of piperidine rings is 1. The van der Waals surface area contributed by atoms with Gasteiger partial charge in [-0.1, -0.05) is 42.5 Å². The molecule has 166 valence electrons. The van der Waals surface area contributed by atoms with E-state index in [0.717, 1.165) is 36.0 Å². The highest BCUT2D eigenvalue weighted by atomic mass is 16.2. The number of hydrogen-bond acceptors (Lipinski definition) is 4. The molecule has 3 amide bonds. The fourth-order valence-corrected chi connectivity index (χ4v) is 5.34. The van der Waals surface area contributed by atoms with Crippen LogP contribution in [0, 0.1) is 0 Å². The summed E-state index contributed by atoms with van der Waals surface area (Å²) in [6, 6.07) is 14.0. The van der Waals surface area contributed by atoms with E-state index in [4.69, 9.17) is 0 Å². The van der Waals surface area contributed by atoms with E-state index >= 15 is 0 Å². The minimum Gasteiger partial charge on any atom is -0.310 e. The molecule has 3 heterocycles. The normalized spacial score (nSPS) is 18.9. The van der Waals surface area contributed by atoms with Crippen LogP contribution >= 0.6 is 0 Å². The zero-order valence-corrected chi connectivity index (χ0v) is 18.7.